The lowest BCUT2D eigenvalue weighted by Gasteiger charge is -2.00. The van der Waals surface area contributed by atoms with Crippen LogP contribution in [0.1, 0.15) is 22.3 Å². The zero-order valence-corrected chi connectivity index (χ0v) is 15.7. The summed E-state index contributed by atoms with van der Waals surface area (Å²) < 4.78 is 0. The van der Waals surface area contributed by atoms with Gasteiger partial charge in [0.15, 0.2) is 0 Å². The predicted octanol–water partition coefficient (Wildman–Crippen LogP) is 4.59. The van der Waals surface area contributed by atoms with Crippen LogP contribution in [0.15, 0.2) is 71.6 Å². The van der Waals surface area contributed by atoms with E-state index in [0.29, 0.717) is 11.1 Å². The van der Waals surface area contributed by atoms with Crippen LogP contribution >= 0.6 is 12.6 Å². The van der Waals surface area contributed by atoms with Crippen molar-refractivity contribution in [3.05, 3.63) is 109 Å². The van der Waals surface area contributed by atoms with E-state index in [-0.39, 0.29) is 22.5 Å². The van der Waals surface area contributed by atoms with Crippen molar-refractivity contribution in [3.63, 3.8) is 0 Å². The first-order valence-corrected chi connectivity index (χ1v) is 8.74. The van der Waals surface area contributed by atoms with E-state index in [1.807, 2.05) is 6.07 Å². The molecule has 0 radical (unpaired) electrons. The van der Waals surface area contributed by atoms with Gasteiger partial charge in [0.05, 0.1) is 9.85 Å². The summed E-state index contributed by atoms with van der Waals surface area (Å²) in [6.07, 6.45) is 0. The van der Waals surface area contributed by atoms with E-state index in [0.717, 1.165) is 17.0 Å². The molecule has 0 aliphatic carbocycles. The molecule has 0 heterocycles. The first-order valence-electron chi connectivity index (χ1n) is 8.29. The van der Waals surface area contributed by atoms with E-state index in [1.54, 1.807) is 48.5 Å². The maximum atomic E-state index is 11.5. The van der Waals surface area contributed by atoms with Crippen molar-refractivity contribution >= 4 is 24.0 Å². The molecule has 0 unspecified atom stereocenters. The van der Waals surface area contributed by atoms with E-state index in [1.165, 1.54) is 0 Å². The standard InChI is InChI=1S/C22H12N2O4S/c25-23(26)21-15-19(11-7-17-8-12-20(29)13-9-17)22(24(27)28)14-18(21)10-6-16-4-2-1-3-5-16/h1-5,8-9,12-15,29H. The molecule has 0 saturated heterocycles. The molecule has 0 spiro atoms. The second-order valence-corrected chi connectivity index (χ2v) is 6.33. The van der Waals surface area contributed by atoms with Crippen LogP contribution in [-0.4, -0.2) is 9.85 Å². The van der Waals surface area contributed by atoms with E-state index < -0.39 is 9.85 Å². The highest BCUT2D eigenvalue weighted by molar-refractivity contribution is 7.80. The van der Waals surface area contributed by atoms with Crippen molar-refractivity contribution in [1.82, 2.24) is 0 Å². The molecule has 0 aromatic heterocycles. The van der Waals surface area contributed by atoms with Gasteiger partial charge < -0.3 is 0 Å². The first-order chi connectivity index (χ1) is 13.9. The number of benzene rings is 3. The topological polar surface area (TPSA) is 86.3 Å². The van der Waals surface area contributed by atoms with Crippen LogP contribution < -0.4 is 0 Å². The lowest BCUT2D eigenvalue weighted by Crippen LogP contribution is -1.99. The molecule has 0 saturated carbocycles. The Labute approximate surface area is 171 Å². The average Bonchev–Trinajstić information content (AvgIpc) is 2.72. The number of rotatable bonds is 2. The van der Waals surface area contributed by atoms with Crippen LogP contribution in [0, 0.1) is 43.9 Å². The highest BCUT2D eigenvalue weighted by Gasteiger charge is 2.22. The average molecular weight is 400 g/mol. The van der Waals surface area contributed by atoms with Crippen molar-refractivity contribution in [2.45, 2.75) is 4.90 Å². The molecule has 0 bridgehead atoms. The number of hydrogen-bond donors (Lipinski definition) is 1. The summed E-state index contributed by atoms with van der Waals surface area (Å²) in [4.78, 5) is 22.5. The summed E-state index contributed by atoms with van der Waals surface area (Å²) in [5, 5.41) is 23.0. The van der Waals surface area contributed by atoms with Gasteiger partial charge >= 0.3 is 0 Å². The van der Waals surface area contributed by atoms with Crippen LogP contribution in [0.25, 0.3) is 0 Å². The number of nitro benzene ring substituents is 2. The maximum absolute atomic E-state index is 11.5. The second kappa shape index (κ2) is 8.75. The molecule has 0 atom stereocenters. The van der Waals surface area contributed by atoms with Crippen LogP contribution in [0.3, 0.4) is 0 Å². The van der Waals surface area contributed by atoms with E-state index in [2.05, 4.69) is 36.3 Å². The fourth-order valence-corrected chi connectivity index (χ4v) is 2.57. The number of nitrogens with zero attached hydrogens (tertiary/aromatic N) is 2. The van der Waals surface area contributed by atoms with Crippen LogP contribution in [0.5, 0.6) is 0 Å². The van der Waals surface area contributed by atoms with Crippen LogP contribution in [0.4, 0.5) is 11.4 Å². The van der Waals surface area contributed by atoms with Crippen molar-refractivity contribution in [2.24, 2.45) is 0 Å². The largest absolute Gasteiger partial charge is 0.286 e. The molecule has 140 valence electrons. The van der Waals surface area contributed by atoms with Crippen LogP contribution in [0.2, 0.25) is 0 Å². The molecular weight excluding hydrogens is 388 g/mol. The molecule has 3 aromatic carbocycles. The van der Waals surface area contributed by atoms with Crippen molar-refractivity contribution in [2.75, 3.05) is 0 Å². The minimum atomic E-state index is -0.627. The summed E-state index contributed by atoms with van der Waals surface area (Å²) in [6.45, 7) is 0. The third kappa shape index (κ3) is 5.01. The monoisotopic (exact) mass is 400 g/mol. The molecule has 3 aromatic rings. The Kier molecular flexibility index (Phi) is 5.94. The Bertz CT molecular complexity index is 1220. The highest BCUT2D eigenvalue weighted by atomic mass is 32.1. The molecule has 0 fully saturated rings. The number of thiol groups is 1. The van der Waals surface area contributed by atoms with Gasteiger partial charge in [-0.15, -0.1) is 12.6 Å². The molecule has 0 aliphatic rings. The fourth-order valence-electron chi connectivity index (χ4n) is 2.42. The van der Waals surface area contributed by atoms with E-state index >= 15 is 0 Å². The summed E-state index contributed by atoms with van der Waals surface area (Å²) in [6, 6.07) is 17.9. The quantitative estimate of drug-likeness (QED) is 0.295. The Morgan fingerprint density at radius 1 is 0.655 bits per heavy atom. The lowest BCUT2D eigenvalue weighted by atomic mass is 10.1. The zero-order chi connectivity index (χ0) is 20.8. The van der Waals surface area contributed by atoms with Gasteiger partial charge in [-0.25, -0.2) is 0 Å². The summed E-state index contributed by atoms with van der Waals surface area (Å²) in [5.74, 6) is 10.9. The van der Waals surface area contributed by atoms with Crippen molar-refractivity contribution < 1.29 is 9.85 Å². The third-order valence-electron chi connectivity index (χ3n) is 3.83. The Morgan fingerprint density at radius 3 is 1.55 bits per heavy atom. The molecule has 3 rings (SSSR count). The van der Waals surface area contributed by atoms with Gasteiger partial charge in [0.25, 0.3) is 11.4 Å². The van der Waals surface area contributed by atoms with E-state index in [9.17, 15) is 20.2 Å². The van der Waals surface area contributed by atoms with Gasteiger partial charge in [-0.3, -0.25) is 20.2 Å². The Balaban J connectivity index is 2.10. The highest BCUT2D eigenvalue weighted by Crippen LogP contribution is 2.28. The molecule has 0 amide bonds. The van der Waals surface area contributed by atoms with Gasteiger partial charge in [-0.1, -0.05) is 41.9 Å². The maximum Gasteiger partial charge on any atom is 0.286 e. The smallest absolute Gasteiger partial charge is 0.258 e. The molecular formula is C22H12N2O4S. The lowest BCUT2D eigenvalue weighted by molar-refractivity contribution is -0.389. The summed E-state index contributed by atoms with van der Waals surface area (Å²) in [5.41, 5.74) is 0.464. The fraction of sp³-hybridized carbons (Fsp3) is 0. The molecule has 0 N–H and O–H groups in total. The zero-order valence-electron chi connectivity index (χ0n) is 14.8. The van der Waals surface area contributed by atoms with E-state index in [4.69, 9.17) is 0 Å². The van der Waals surface area contributed by atoms with Gasteiger partial charge in [0, 0.05) is 28.2 Å². The summed E-state index contributed by atoms with van der Waals surface area (Å²) in [7, 11) is 0. The second-order valence-electron chi connectivity index (χ2n) is 5.81. The first kappa shape index (κ1) is 19.7. The minimum absolute atomic E-state index is 0.0458. The van der Waals surface area contributed by atoms with Gasteiger partial charge in [0.2, 0.25) is 0 Å². The molecule has 0 aliphatic heterocycles. The molecule has 6 nitrogen and oxygen atoms in total. The predicted molar refractivity (Wildman–Crippen MR) is 112 cm³/mol. The SMILES string of the molecule is O=[N+]([O-])c1cc(C#Cc2ccc(S)cc2)c([N+](=O)[O-])cc1C#Cc1ccccc1. The molecule has 7 heteroatoms. The Hall–Kier alpha value is -4.07. The van der Waals surface area contributed by atoms with Crippen molar-refractivity contribution in [3.8, 4) is 23.7 Å². The minimum Gasteiger partial charge on any atom is -0.258 e. The molecule has 29 heavy (non-hydrogen) atoms. The summed E-state index contributed by atoms with van der Waals surface area (Å²) >= 11 is 4.18. The van der Waals surface area contributed by atoms with Gasteiger partial charge in [-0.2, -0.15) is 0 Å². The van der Waals surface area contributed by atoms with Crippen molar-refractivity contribution in [1.29, 1.82) is 0 Å². The number of nitro groups is 2. The Morgan fingerprint density at radius 2 is 1.10 bits per heavy atom. The third-order valence-corrected chi connectivity index (χ3v) is 4.13. The van der Waals surface area contributed by atoms with Gasteiger partial charge in [0.1, 0.15) is 11.1 Å². The van der Waals surface area contributed by atoms with Gasteiger partial charge in [-0.05, 0) is 36.4 Å². The number of hydrogen-bond acceptors (Lipinski definition) is 5. The normalized spacial score (nSPS) is 9.55. The van der Waals surface area contributed by atoms with Crippen LogP contribution in [-0.2, 0) is 0 Å².